The highest BCUT2D eigenvalue weighted by atomic mass is 31.2. The predicted octanol–water partition coefficient (Wildman–Crippen LogP) is 11.7. The van der Waals surface area contributed by atoms with E-state index in [4.69, 9.17) is 23.6 Å². The van der Waals surface area contributed by atoms with E-state index in [1.165, 1.54) is 141 Å². The highest BCUT2D eigenvalue weighted by molar-refractivity contribution is 7.47. The average molecular weight is 763 g/mol. The molecule has 10 heteroatoms. The molecule has 9 nitrogen and oxygen atoms in total. The fourth-order valence-corrected chi connectivity index (χ4v) is 6.91. The van der Waals surface area contributed by atoms with Crippen LogP contribution in [0, 0.1) is 0 Å². The third-order valence-corrected chi connectivity index (χ3v) is 10.4. The summed E-state index contributed by atoms with van der Waals surface area (Å²) in [7, 11) is -4.51. The standard InChI is InChI=1S/C42H83O9P/c1-3-5-7-9-11-13-15-17-19-20-21-22-24-26-28-30-32-34-42(45)51-41(39-50-52(46,47)49-37-40(44)36-43)38-48-35-33-31-29-27-25-23-18-16-14-12-10-8-6-4-2/h17,19,40-41,43-44H,3-16,18,20-39H2,1-2H3,(H,46,47)/b19-17-. The van der Waals surface area contributed by atoms with E-state index in [0.29, 0.717) is 6.61 Å². The monoisotopic (exact) mass is 763 g/mol. The molecular weight excluding hydrogens is 679 g/mol. The maximum Gasteiger partial charge on any atom is 0.472 e. The number of esters is 1. The van der Waals surface area contributed by atoms with Crippen molar-refractivity contribution in [2.24, 2.45) is 0 Å². The molecule has 0 radical (unpaired) electrons. The fraction of sp³-hybridized carbons (Fsp3) is 0.929. The molecule has 0 fully saturated rings. The molecule has 0 saturated heterocycles. The molecule has 310 valence electrons. The van der Waals surface area contributed by atoms with E-state index < -0.39 is 33.2 Å². The minimum Gasteiger partial charge on any atom is -0.457 e. The lowest BCUT2D eigenvalue weighted by Gasteiger charge is -2.20. The van der Waals surface area contributed by atoms with Crippen LogP contribution >= 0.6 is 7.82 Å². The summed E-state index contributed by atoms with van der Waals surface area (Å²) in [6.45, 7) is 3.54. The first-order valence-corrected chi connectivity index (χ1v) is 23.2. The normalized spacial score (nSPS) is 14.2. The van der Waals surface area contributed by atoms with Crippen LogP contribution in [0.25, 0.3) is 0 Å². The number of phosphoric ester groups is 1. The van der Waals surface area contributed by atoms with Gasteiger partial charge in [0, 0.05) is 13.0 Å². The number of hydrogen-bond donors (Lipinski definition) is 3. The summed E-state index contributed by atoms with van der Waals surface area (Å²) in [5.41, 5.74) is 0. The van der Waals surface area contributed by atoms with Gasteiger partial charge < -0.3 is 24.6 Å². The highest BCUT2D eigenvalue weighted by Crippen LogP contribution is 2.43. The van der Waals surface area contributed by atoms with Gasteiger partial charge in [0.1, 0.15) is 12.2 Å². The van der Waals surface area contributed by atoms with Crippen molar-refractivity contribution in [1.29, 1.82) is 0 Å². The van der Waals surface area contributed by atoms with Crippen molar-refractivity contribution in [3.8, 4) is 0 Å². The molecule has 3 N–H and O–H groups in total. The van der Waals surface area contributed by atoms with E-state index in [1.54, 1.807) is 0 Å². The zero-order valence-electron chi connectivity index (χ0n) is 33.8. The van der Waals surface area contributed by atoms with Crippen molar-refractivity contribution in [2.75, 3.05) is 33.0 Å². The van der Waals surface area contributed by atoms with Crippen LogP contribution in [0.2, 0.25) is 0 Å². The fourth-order valence-electron chi connectivity index (χ4n) is 6.12. The van der Waals surface area contributed by atoms with Gasteiger partial charge in [0.2, 0.25) is 0 Å². The lowest BCUT2D eigenvalue weighted by molar-refractivity contribution is -0.154. The van der Waals surface area contributed by atoms with E-state index in [-0.39, 0.29) is 25.6 Å². The average Bonchev–Trinajstić information content (AvgIpc) is 3.13. The molecule has 3 atom stereocenters. The Bertz CT molecular complexity index is 825. The predicted molar refractivity (Wildman–Crippen MR) is 215 cm³/mol. The molecule has 0 aromatic rings. The van der Waals surface area contributed by atoms with E-state index in [2.05, 4.69) is 26.0 Å². The summed E-state index contributed by atoms with van der Waals surface area (Å²) < 4.78 is 33.4. The largest absolute Gasteiger partial charge is 0.472 e. The van der Waals surface area contributed by atoms with Crippen LogP contribution in [-0.4, -0.2) is 66.3 Å². The number of unbranched alkanes of at least 4 members (excludes halogenated alkanes) is 26. The number of allylic oxidation sites excluding steroid dienone is 2. The topological polar surface area (TPSA) is 132 Å². The second kappa shape index (κ2) is 39.9. The van der Waals surface area contributed by atoms with Crippen molar-refractivity contribution in [2.45, 2.75) is 219 Å². The molecule has 0 aromatic carbocycles. The maximum atomic E-state index is 12.6. The minimum atomic E-state index is -4.51. The molecule has 3 unspecified atom stereocenters. The summed E-state index contributed by atoms with van der Waals surface area (Å²) in [5.74, 6) is -0.383. The zero-order chi connectivity index (χ0) is 38.2. The molecule has 0 aromatic heterocycles. The number of hydrogen-bond acceptors (Lipinski definition) is 8. The van der Waals surface area contributed by atoms with Gasteiger partial charge in [0.15, 0.2) is 0 Å². The molecular formula is C42H83O9P. The smallest absolute Gasteiger partial charge is 0.457 e. The Morgan fingerprint density at radius 3 is 1.44 bits per heavy atom. The Morgan fingerprint density at radius 1 is 0.577 bits per heavy atom. The van der Waals surface area contributed by atoms with Crippen LogP contribution in [0.4, 0.5) is 0 Å². The molecule has 0 heterocycles. The molecule has 0 spiro atoms. The summed E-state index contributed by atoms with van der Waals surface area (Å²) in [6.07, 6.45) is 38.8. The van der Waals surface area contributed by atoms with Gasteiger partial charge in [0.05, 0.1) is 26.4 Å². The molecule has 0 saturated carbocycles. The van der Waals surface area contributed by atoms with Crippen LogP contribution in [0.15, 0.2) is 12.2 Å². The van der Waals surface area contributed by atoms with Crippen molar-refractivity contribution in [1.82, 2.24) is 0 Å². The van der Waals surface area contributed by atoms with Gasteiger partial charge in [-0.1, -0.05) is 174 Å². The SMILES string of the molecule is CCCCCCCC/C=C\CCCCCCCCCC(=O)OC(COCCCCCCCCCCCCCCCC)COP(=O)(O)OCC(O)CO. The number of rotatable bonds is 42. The van der Waals surface area contributed by atoms with Crippen LogP contribution in [0.1, 0.15) is 206 Å². The molecule has 0 aliphatic rings. The summed E-state index contributed by atoms with van der Waals surface area (Å²) in [5, 5.41) is 18.3. The Kier molecular flexibility index (Phi) is 39.3. The highest BCUT2D eigenvalue weighted by Gasteiger charge is 2.26. The second-order valence-electron chi connectivity index (χ2n) is 14.7. The van der Waals surface area contributed by atoms with Crippen LogP contribution in [-0.2, 0) is 27.9 Å². The first-order chi connectivity index (χ1) is 25.3. The Morgan fingerprint density at radius 2 is 0.981 bits per heavy atom. The van der Waals surface area contributed by atoms with Gasteiger partial charge >= 0.3 is 13.8 Å². The van der Waals surface area contributed by atoms with Gasteiger partial charge in [-0.2, -0.15) is 0 Å². The van der Waals surface area contributed by atoms with Crippen LogP contribution in [0.5, 0.6) is 0 Å². The van der Waals surface area contributed by atoms with Gasteiger partial charge in [0.25, 0.3) is 0 Å². The Hall–Kier alpha value is -0.800. The molecule has 0 aliphatic heterocycles. The van der Waals surface area contributed by atoms with E-state index in [1.807, 2.05) is 0 Å². The number of aliphatic hydroxyl groups excluding tert-OH is 2. The quantitative estimate of drug-likeness (QED) is 0.0241. The van der Waals surface area contributed by atoms with Crippen molar-refractivity contribution < 1.29 is 43.0 Å². The number of carbonyl (C=O) groups is 1. The van der Waals surface area contributed by atoms with E-state index in [9.17, 15) is 19.4 Å². The minimum absolute atomic E-state index is 0.0533. The third-order valence-electron chi connectivity index (χ3n) is 9.45. The second-order valence-corrected chi connectivity index (χ2v) is 16.2. The molecule has 0 amide bonds. The van der Waals surface area contributed by atoms with Crippen LogP contribution in [0.3, 0.4) is 0 Å². The summed E-state index contributed by atoms with van der Waals surface area (Å²) in [6, 6.07) is 0. The first kappa shape index (κ1) is 51.2. The van der Waals surface area contributed by atoms with E-state index in [0.717, 1.165) is 44.9 Å². The van der Waals surface area contributed by atoms with Gasteiger partial charge in [-0.3, -0.25) is 13.8 Å². The van der Waals surface area contributed by atoms with Gasteiger partial charge in [-0.15, -0.1) is 0 Å². The number of carbonyl (C=O) groups excluding carboxylic acids is 1. The summed E-state index contributed by atoms with van der Waals surface area (Å²) >= 11 is 0. The van der Waals surface area contributed by atoms with Gasteiger partial charge in [-0.05, 0) is 38.5 Å². The van der Waals surface area contributed by atoms with Crippen LogP contribution < -0.4 is 0 Å². The number of phosphoric acid groups is 1. The van der Waals surface area contributed by atoms with Crippen molar-refractivity contribution in [3.05, 3.63) is 12.2 Å². The Labute approximate surface area is 320 Å². The van der Waals surface area contributed by atoms with Crippen molar-refractivity contribution >= 4 is 13.8 Å². The summed E-state index contributed by atoms with van der Waals surface area (Å²) in [4.78, 5) is 22.6. The molecule has 0 aliphatic carbocycles. The maximum absolute atomic E-state index is 12.6. The zero-order valence-corrected chi connectivity index (χ0v) is 34.7. The molecule has 0 bridgehead atoms. The molecule has 52 heavy (non-hydrogen) atoms. The van der Waals surface area contributed by atoms with E-state index >= 15 is 0 Å². The lowest BCUT2D eigenvalue weighted by atomic mass is 10.0. The molecule has 0 rings (SSSR count). The van der Waals surface area contributed by atoms with Crippen molar-refractivity contribution in [3.63, 3.8) is 0 Å². The van der Waals surface area contributed by atoms with Gasteiger partial charge in [-0.25, -0.2) is 4.57 Å². The number of ether oxygens (including phenoxy) is 2. The number of aliphatic hydroxyl groups is 2. The third kappa shape index (κ3) is 38.9. The lowest BCUT2D eigenvalue weighted by Crippen LogP contribution is -2.29. The first-order valence-electron chi connectivity index (χ1n) is 21.7. The Balaban J connectivity index is 4.15.